The van der Waals surface area contributed by atoms with Gasteiger partial charge in [0.2, 0.25) is 10.0 Å². The van der Waals surface area contributed by atoms with Gasteiger partial charge in [0.1, 0.15) is 4.99 Å². The Bertz CT molecular complexity index is 659. The maximum Gasteiger partial charge on any atom is 0.243 e. The highest BCUT2D eigenvalue weighted by Crippen LogP contribution is 2.30. The fraction of sp³-hybridized carbons (Fsp3) is 0.500. The van der Waals surface area contributed by atoms with Crippen molar-refractivity contribution in [3.63, 3.8) is 0 Å². The van der Waals surface area contributed by atoms with Crippen molar-refractivity contribution in [1.29, 1.82) is 0 Å². The monoisotopic (exact) mass is 346 g/mol. The summed E-state index contributed by atoms with van der Waals surface area (Å²) in [6.45, 7) is 5.36. The van der Waals surface area contributed by atoms with E-state index < -0.39 is 10.0 Å². The Labute approximate surface area is 136 Å². The number of thiocarbonyl (C=S) groups is 1. The first kappa shape index (κ1) is 16.7. The van der Waals surface area contributed by atoms with Crippen molar-refractivity contribution in [3.8, 4) is 0 Å². The molecule has 1 aromatic carbocycles. The van der Waals surface area contributed by atoms with E-state index in [0.717, 1.165) is 6.42 Å². The molecule has 2 N–H and O–H groups in total. The van der Waals surface area contributed by atoms with E-state index in [-0.39, 0.29) is 14.9 Å². The van der Waals surface area contributed by atoms with Gasteiger partial charge in [-0.1, -0.05) is 37.7 Å². The van der Waals surface area contributed by atoms with Crippen LogP contribution < -0.4 is 5.73 Å². The van der Waals surface area contributed by atoms with Crippen molar-refractivity contribution in [3.05, 3.63) is 28.8 Å². The van der Waals surface area contributed by atoms with E-state index >= 15 is 0 Å². The largest absolute Gasteiger partial charge is 0.389 e. The van der Waals surface area contributed by atoms with E-state index in [0.29, 0.717) is 30.5 Å². The summed E-state index contributed by atoms with van der Waals surface area (Å²) in [6, 6.07) is 4.50. The molecule has 1 atom stereocenters. The van der Waals surface area contributed by atoms with E-state index in [1.165, 1.54) is 16.4 Å². The van der Waals surface area contributed by atoms with Gasteiger partial charge in [0.15, 0.2) is 0 Å². The number of hydrogen-bond donors (Lipinski definition) is 1. The number of hydrogen-bond acceptors (Lipinski definition) is 3. The molecule has 1 heterocycles. The molecular formula is C14H19ClN2O2S2. The van der Waals surface area contributed by atoms with Crippen LogP contribution in [0.1, 0.15) is 25.8 Å². The maximum atomic E-state index is 12.6. The lowest BCUT2D eigenvalue weighted by Crippen LogP contribution is -2.29. The SMILES string of the molecule is CC(C)C1CCN(S(=O)(=O)c2ccc(C(N)=S)c(Cl)c2)C1. The van der Waals surface area contributed by atoms with Crippen LogP contribution in [0.4, 0.5) is 0 Å². The van der Waals surface area contributed by atoms with Gasteiger partial charge in [0, 0.05) is 18.7 Å². The standard InChI is InChI=1S/C14H19ClN2O2S2/c1-9(2)10-5-6-17(8-10)21(18,19)11-3-4-12(14(16)20)13(15)7-11/h3-4,7,9-10H,5-6,8H2,1-2H3,(H2,16,20). The first-order chi connectivity index (χ1) is 9.73. The van der Waals surface area contributed by atoms with Crippen molar-refractivity contribution in [2.24, 2.45) is 17.6 Å². The van der Waals surface area contributed by atoms with E-state index in [1.54, 1.807) is 6.07 Å². The van der Waals surface area contributed by atoms with Crippen LogP contribution in [0.3, 0.4) is 0 Å². The lowest BCUT2D eigenvalue weighted by Gasteiger charge is -2.18. The Hall–Kier alpha value is -0.690. The minimum Gasteiger partial charge on any atom is -0.389 e. The summed E-state index contributed by atoms with van der Waals surface area (Å²) in [4.78, 5) is 0.349. The van der Waals surface area contributed by atoms with E-state index in [9.17, 15) is 8.42 Å². The highest BCUT2D eigenvalue weighted by molar-refractivity contribution is 7.89. The summed E-state index contributed by atoms with van der Waals surface area (Å²) in [7, 11) is -3.51. The average molecular weight is 347 g/mol. The summed E-state index contributed by atoms with van der Waals surface area (Å²) in [6.07, 6.45) is 0.898. The van der Waals surface area contributed by atoms with Crippen molar-refractivity contribution in [2.45, 2.75) is 25.2 Å². The molecule has 2 rings (SSSR count). The van der Waals surface area contributed by atoms with Gasteiger partial charge in [-0.3, -0.25) is 0 Å². The van der Waals surface area contributed by atoms with E-state index in [4.69, 9.17) is 29.6 Å². The van der Waals surface area contributed by atoms with Crippen LogP contribution in [0.2, 0.25) is 5.02 Å². The van der Waals surface area contributed by atoms with Crippen LogP contribution in [-0.4, -0.2) is 30.8 Å². The van der Waals surface area contributed by atoms with Crippen LogP contribution in [0.25, 0.3) is 0 Å². The molecule has 1 aromatic rings. The molecule has 1 aliphatic rings. The second kappa shape index (κ2) is 6.20. The quantitative estimate of drug-likeness (QED) is 0.851. The Morgan fingerprint density at radius 2 is 2.14 bits per heavy atom. The van der Waals surface area contributed by atoms with Crippen LogP contribution in [0, 0.1) is 11.8 Å². The molecule has 0 amide bonds. The van der Waals surface area contributed by atoms with Gasteiger partial charge in [-0.05, 0) is 36.5 Å². The van der Waals surface area contributed by atoms with Gasteiger partial charge < -0.3 is 5.73 Å². The maximum absolute atomic E-state index is 12.6. The fourth-order valence-electron chi connectivity index (χ4n) is 2.52. The zero-order valence-corrected chi connectivity index (χ0v) is 14.4. The predicted octanol–water partition coefficient (Wildman–Crippen LogP) is 2.64. The molecule has 1 fully saturated rings. The Kier molecular flexibility index (Phi) is 4.92. The fourth-order valence-corrected chi connectivity index (χ4v) is 4.64. The summed E-state index contributed by atoms with van der Waals surface area (Å²) in [5.41, 5.74) is 6.03. The molecule has 116 valence electrons. The zero-order chi connectivity index (χ0) is 15.8. The molecule has 0 spiro atoms. The Morgan fingerprint density at radius 3 is 2.62 bits per heavy atom. The van der Waals surface area contributed by atoms with Crippen LogP contribution in [0.5, 0.6) is 0 Å². The third-order valence-electron chi connectivity index (χ3n) is 3.97. The lowest BCUT2D eigenvalue weighted by atomic mass is 9.96. The van der Waals surface area contributed by atoms with Gasteiger partial charge in [-0.15, -0.1) is 0 Å². The number of nitrogens with two attached hydrogens (primary N) is 1. The topological polar surface area (TPSA) is 63.4 Å². The molecule has 0 bridgehead atoms. The van der Waals surface area contributed by atoms with Crippen molar-refractivity contribution in [1.82, 2.24) is 4.31 Å². The number of benzene rings is 1. The van der Waals surface area contributed by atoms with E-state index in [1.807, 2.05) is 0 Å². The van der Waals surface area contributed by atoms with Crippen molar-refractivity contribution in [2.75, 3.05) is 13.1 Å². The molecule has 0 aromatic heterocycles. The molecule has 0 saturated carbocycles. The molecular weight excluding hydrogens is 328 g/mol. The first-order valence-electron chi connectivity index (χ1n) is 6.83. The molecule has 1 unspecified atom stereocenters. The van der Waals surface area contributed by atoms with Gasteiger partial charge in [-0.25, -0.2) is 8.42 Å². The summed E-state index contributed by atoms with van der Waals surface area (Å²) < 4.78 is 26.8. The van der Waals surface area contributed by atoms with Crippen LogP contribution in [-0.2, 0) is 10.0 Å². The number of sulfonamides is 1. The summed E-state index contributed by atoms with van der Waals surface area (Å²) >= 11 is 10.9. The average Bonchev–Trinajstić information content (AvgIpc) is 2.88. The second-order valence-corrected chi connectivity index (χ2v) is 8.45. The molecule has 0 radical (unpaired) electrons. The van der Waals surface area contributed by atoms with Crippen LogP contribution in [0.15, 0.2) is 23.1 Å². The van der Waals surface area contributed by atoms with Gasteiger partial charge in [-0.2, -0.15) is 4.31 Å². The molecule has 1 saturated heterocycles. The molecule has 4 nitrogen and oxygen atoms in total. The normalized spacial score (nSPS) is 20.1. The smallest absolute Gasteiger partial charge is 0.243 e. The van der Waals surface area contributed by atoms with Gasteiger partial charge in [0.25, 0.3) is 0 Å². The third-order valence-corrected chi connectivity index (χ3v) is 6.37. The number of rotatable bonds is 4. The minimum atomic E-state index is -3.51. The van der Waals surface area contributed by atoms with E-state index in [2.05, 4.69) is 13.8 Å². The van der Waals surface area contributed by atoms with Crippen molar-refractivity contribution >= 4 is 38.8 Å². The van der Waals surface area contributed by atoms with Gasteiger partial charge >= 0.3 is 0 Å². The highest BCUT2D eigenvalue weighted by atomic mass is 35.5. The van der Waals surface area contributed by atoms with Crippen LogP contribution >= 0.6 is 23.8 Å². The Balaban J connectivity index is 2.29. The first-order valence-corrected chi connectivity index (χ1v) is 9.05. The minimum absolute atomic E-state index is 0.157. The lowest BCUT2D eigenvalue weighted by molar-refractivity contribution is 0.388. The van der Waals surface area contributed by atoms with Gasteiger partial charge in [0.05, 0.1) is 9.92 Å². The van der Waals surface area contributed by atoms with Crippen molar-refractivity contribution < 1.29 is 8.42 Å². The molecule has 7 heteroatoms. The second-order valence-electron chi connectivity index (χ2n) is 5.66. The summed E-state index contributed by atoms with van der Waals surface area (Å²) in [5, 5.41) is 0.267. The summed E-state index contributed by atoms with van der Waals surface area (Å²) in [5.74, 6) is 0.886. The Morgan fingerprint density at radius 1 is 1.48 bits per heavy atom. The predicted molar refractivity (Wildman–Crippen MR) is 89.0 cm³/mol. The number of nitrogens with zero attached hydrogens (tertiary/aromatic N) is 1. The molecule has 1 aliphatic heterocycles. The zero-order valence-electron chi connectivity index (χ0n) is 12.0. The molecule has 21 heavy (non-hydrogen) atoms. The molecule has 0 aliphatic carbocycles. The highest BCUT2D eigenvalue weighted by Gasteiger charge is 2.33. The third kappa shape index (κ3) is 3.39. The number of halogens is 1.